The van der Waals surface area contributed by atoms with E-state index in [4.69, 9.17) is 20.9 Å². The number of ether oxygens (including phenoxy) is 2. The van der Waals surface area contributed by atoms with Crippen LogP contribution in [-0.2, 0) is 30.3 Å². The first-order valence-electron chi connectivity index (χ1n) is 8.75. The number of hydrogen-bond acceptors (Lipinski definition) is 7. The molecule has 4 N–H and O–H groups in total. The van der Waals surface area contributed by atoms with Crippen molar-refractivity contribution in [3.63, 3.8) is 0 Å². The van der Waals surface area contributed by atoms with Gasteiger partial charge in [-0.05, 0) is 30.7 Å². The molecule has 0 spiro atoms. The van der Waals surface area contributed by atoms with Crippen LogP contribution in [0.5, 0.6) is 0 Å². The molecule has 0 fully saturated rings. The third-order valence-corrected chi connectivity index (χ3v) is 3.72. The van der Waals surface area contributed by atoms with Crippen LogP contribution in [0.4, 0.5) is 0 Å². The van der Waals surface area contributed by atoms with Gasteiger partial charge in [0.05, 0.1) is 0 Å². The molecule has 0 aromatic heterocycles. The van der Waals surface area contributed by atoms with Gasteiger partial charge in [-0.3, -0.25) is 4.79 Å². The van der Waals surface area contributed by atoms with E-state index in [0.29, 0.717) is 6.42 Å². The summed E-state index contributed by atoms with van der Waals surface area (Å²) in [7, 11) is 0. The lowest BCUT2D eigenvalue weighted by molar-refractivity contribution is -0.175. The maximum absolute atomic E-state index is 12.1. The Morgan fingerprint density at radius 2 is 1.58 bits per heavy atom. The van der Waals surface area contributed by atoms with E-state index in [0.717, 1.165) is 5.56 Å². The summed E-state index contributed by atoms with van der Waals surface area (Å²) in [5.74, 6) is -2.30. The summed E-state index contributed by atoms with van der Waals surface area (Å²) >= 11 is 0. The van der Waals surface area contributed by atoms with Crippen LogP contribution in [0.25, 0.3) is 0 Å². The van der Waals surface area contributed by atoms with Gasteiger partial charge >= 0.3 is 17.9 Å². The first-order valence-corrected chi connectivity index (χ1v) is 8.75. The van der Waals surface area contributed by atoms with Crippen LogP contribution in [0.15, 0.2) is 30.3 Å². The predicted octanol–water partition coefficient (Wildman–Crippen LogP) is 1.32. The molecule has 1 rings (SSSR count). The summed E-state index contributed by atoms with van der Waals surface area (Å²) in [5, 5.41) is 0. The average molecular weight is 364 g/mol. The van der Waals surface area contributed by atoms with E-state index in [1.807, 2.05) is 44.2 Å². The molecule has 0 saturated heterocycles. The van der Waals surface area contributed by atoms with Gasteiger partial charge in [0.25, 0.3) is 0 Å². The Hall–Kier alpha value is -2.25. The largest absolute Gasteiger partial charge is 0.449 e. The molecule has 0 bridgehead atoms. The average Bonchev–Trinajstić information content (AvgIpc) is 2.59. The van der Waals surface area contributed by atoms with Gasteiger partial charge in [0.2, 0.25) is 0 Å². The highest BCUT2D eigenvalue weighted by Gasteiger charge is 2.29. The molecule has 0 aliphatic rings. The quantitative estimate of drug-likeness (QED) is 0.500. The summed E-state index contributed by atoms with van der Waals surface area (Å²) in [6.07, 6.45) is -0.358. The number of esters is 3. The van der Waals surface area contributed by atoms with Gasteiger partial charge in [-0.2, -0.15) is 0 Å². The molecule has 7 nitrogen and oxygen atoms in total. The number of nitrogens with two attached hydrogens (primary N) is 2. The molecule has 7 heteroatoms. The highest BCUT2D eigenvalue weighted by Crippen LogP contribution is 2.09. The normalized spacial score (nSPS) is 14.4. The van der Waals surface area contributed by atoms with Crippen LogP contribution in [-0.4, -0.2) is 36.1 Å². The van der Waals surface area contributed by atoms with Crippen LogP contribution in [0.1, 0.15) is 39.2 Å². The minimum absolute atomic E-state index is 0.162. The van der Waals surface area contributed by atoms with Crippen LogP contribution in [0.2, 0.25) is 0 Å². The molecule has 144 valence electrons. The van der Waals surface area contributed by atoms with Gasteiger partial charge in [0, 0.05) is 0 Å². The van der Waals surface area contributed by atoms with Gasteiger partial charge in [-0.15, -0.1) is 0 Å². The fourth-order valence-corrected chi connectivity index (χ4v) is 2.32. The van der Waals surface area contributed by atoms with E-state index in [2.05, 4.69) is 0 Å². The standard InChI is InChI=1S/C19H28N2O5/c1-4-16(19(24)26-18(23)14(20)10-12(2)3)25-17(22)15(21)11-13-8-6-5-7-9-13/h5-9,12,14-16H,4,10-11,20-21H2,1-3H3/t14-,15-,16?/m0/s1. The molecule has 1 aromatic rings. The van der Waals surface area contributed by atoms with Crippen molar-refractivity contribution in [2.24, 2.45) is 17.4 Å². The second-order valence-corrected chi connectivity index (χ2v) is 6.61. The summed E-state index contributed by atoms with van der Waals surface area (Å²) in [4.78, 5) is 36.0. The zero-order valence-corrected chi connectivity index (χ0v) is 15.5. The number of rotatable bonds is 9. The molecule has 0 aliphatic carbocycles. The molecular formula is C19H28N2O5. The Morgan fingerprint density at radius 3 is 2.12 bits per heavy atom. The predicted molar refractivity (Wildman–Crippen MR) is 96.8 cm³/mol. The fraction of sp³-hybridized carbons (Fsp3) is 0.526. The fourth-order valence-electron chi connectivity index (χ4n) is 2.32. The number of carbonyl (C=O) groups excluding carboxylic acids is 3. The number of carbonyl (C=O) groups is 3. The number of hydrogen-bond donors (Lipinski definition) is 2. The third-order valence-electron chi connectivity index (χ3n) is 3.72. The van der Waals surface area contributed by atoms with Crippen LogP contribution < -0.4 is 11.5 Å². The Balaban J connectivity index is 2.57. The lowest BCUT2D eigenvalue weighted by Crippen LogP contribution is -2.41. The van der Waals surface area contributed by atoms with E-state index in [9.17, 15) is 14.4 Å². The zero-order valence-electron chi connectivity index (χ0n) is 15.5. The van der Waals surface area contributed by atoms with Gasteiger partial charge in [-0.25, -0.2) is 9.59 Å². The Bertz CT molecular complexity index is 603. The monoisotopic (exact) mass is 364 g/mol. The molecular weight excluding hydrogens is 336 g/mol. The molecule has 0 aliphatic heterocycles. The Labute approximate surface area is 154 Å². The zero-order chi connectivity index (χ0) is 19.7. The first-order chi connectivity index (χ1) is 12.2. The molecule has 0 radical (unpaired) electrons. The maximum atomic E-state index is 12.1. The molecule has 26 heavy (non-hydrogen) atoms. The second kappa shape index (κ2) is 10.7. The molecule has 0 saturated carbocycles. The SMILES string of the molecule is CCC(OC(=O)[C@@H](N)Cc1ccccc1)C(=O)OC(=O)[C@@H](N)CC(C)C. The Morgan fingerprint density at radius 1 is 0.962 bits per heavy atom. The second-order valence-electron chi connectivity index (χ2n) is 6.61. The summed E-state index contributed by atoms with van der Waals surface area (Å²) in [5.41, 5.74) is 12.4. The van der Waals surface area contributed by atoms with E-state index >= 15 is 0 Å². The van der Waals surface area contributed by atoms with Crippen molar-refractivity contribution in [1.82, 2.24) is 0 Å². The van der Waals surface area contributed by atoms with Crippen molar-refractivity contribution in [2.45, 2.75) is 58.2 Å². The minimum atomic E-state index is -1.19. The van der Waals surface area contributed by atoms with Gasteiger partial charge < -0.3 is 20.9 Å². The van der Waals surface area contributed by atoms with Crippen molar-refractivity contribution in [1.29, 1.82) is 0 Å². The molecule has 0 amide bonds. The van der Waals surface area contributed by atoms with E-state index in [1.165, 1.54) is 0 Å². The molecule has 1 unspecified atom stereocenters. The van der Waals surface area contributed by atoms with Crippen LogP contribution in [0.3, 0.4) is 0 Å². The van der Waals surface area contributed by atoms with Gasteiger partial charge in [-0.1, -0.05) is 51.1 Å². The minimum Gasteiger partial charge on any atom is -0.449 e. The third kappa shape index (κ3) is 7.33. The summed E-state index contributed by atoms with van der Waals surface area (Å²) < 4.78 is 9.87. The van der Waals surface area contributed by atoms with Crippen molar-refractivity contribution in [3.05, 3.63) is 35.9 Å². The van der Waals surface area contributed by atoms with Crippen molar-refractivity contribution in [3.8, 4) is 0 Å². The van der Waals surface area contributed by atoms with Gasteiger partial charge in [0.1, 0.15) is 12.1 Å². The highest BCUT2D eigenvalue weighted by atomic mass is 16.6. The Kier molecular flexibility index (Phi) is 8.95. The molecule has 1 aromatic carbocycles. The lowest BCUT2D eigenvalue weighted by atomic mass is 10.1. The topological polar surface area (TPSA) is 122 Å². The molecule has 0 heterocycles. The van der Waals surface area contributed by atoms with Crippen molar-refractivity contribution < 1.29 is 23.9 Å². The molecule has 3 atom stereocenters. The van der Waals surface area contributed by atoms with Crippen LogP contribution in [0, 0.1) is 5.92 Å². The van der Waals surface area contributed by atoms with E-state index in [1.54, 1.807) is 6.92 Å². The van der Waals surface area contributed by atoms with Gasteiger partial charge in [0.15, 0.2) is 6.10 Å². The number of benzene rings is 1. The van der Waals surface area contributed by atoms with E-state index < -0.39 is 36.1 Å². The van der Waals surface area contributed by atoms with Crippen molar-refractivity contribution in [2.75, 3.05) is 0 Å². The summed E-state index contributed by atoms with van der Waals surface area (Å²) in [6.45, 7) is 5.44. The first kappa shape index (κ1) is 21.8. The van der Waals surface area contributed by atoms with Crippen LogP contribution >= 0.6 is 0 Å². The van der Waals surface area contributed by atoms with Crippen molar-refractivity contribution >= 4 is 17.9 Å². The highest BCUT2D eigenvalue weighted by molar-refractivity contribution is 5.91. The summed E-state index contributed by atoms with van der Waals surface area (Å²) in [6, 6.07) is 7.40. The lowest BCUT2D eigenvalue weighted by Gasteiger charge is -2.19. The van der Waals surface area contributed by atoms with E-state index in [-0.39, 0.29) is 18.8 Å². The maximum Gasteiger partial charge on any atom is 0.355 e. The smallest absolute Gasteiger partial charge is 0.355 e.